The summed E-state index contributed by atoms with van der Waals surface area (Å²) in [6.45, 7) is 1.86. The van der Waals surface area contributed by atoms with Crippen LogP contribution in [0.5, 0.6) is 0 Å². The summed E-state index contributed by atoms with van der Waals surface area (Å²) in [7, 11) is 0. The molecule has 23 heavy (non-hydrogen) atoms. The molecule has 2 aromatic carbocycles. The molecular formula is C17H15ClN2O3. The van der Waals surface area contributed by atoms with E-state index in [2.05, 4.69) is 10.3 Å². The Kier molecular flexibility index (Phi) is 4.21. The number of amides is 1. The second-order valence-electron chi connectivity index (χ2n) is 5.31. The summed E-state index contributed by atoms with van der Waals surface area (Å²) in [5.41, 5.74) is 3.67. The van der Waals surface area contributed by atoms with E-state index < -0.39 is 5.76 Å². The van der Waals surface area contributed by atoms with Gasteiger partial charge >= 0.3 is 5.76 Å². The molecule has 0 saturated heterocycles. The molecule has 3 rings (SSSR count). The molecule has 0 aliphatic carbocycles. The van der Waals surface area contributed by atoms with Crippen molar-refractivity contribution in [2.75, 3.05) is 5.32 Å². The van der Waals surface area contributed by atoms with Gasteiger partial charge in [0.2, 0.25) is 5.91 Å². The number of carbonyl (C=O) groups is 1. The third-order valence-corrected chi connectivity index (χ3v) is 4.08. The molecule has 0 unspecified atom stereocenters. The molecule has 0 saturated carbocycles. The number of anilines is 1. The molecule has 0 aliphatic heterocycles. The quantitative estimate of drug-likeness (QED) is 0.766. The summed E-state index contributed by atoms with van der Waals surface area (Å²) in [5, 5.41) is 3.49. The van der Waals surface area contributed by atoms with E-state index in [1.165, 1.54) is 0 Å². The van der Waals surface area contributed by atoms with E-state index in [0.717, 1.165) is 16.8 Å². The fraction of sp³-hybridized carbons (Fsp3) is 0.176. The lowest BCUT2D eigenvalue weighted by Gasteiger charge is -2.09. The van der Waals surface area contributed by atoms with Gasteiger partial charge in [0.1, 0.15) is 0 Å². The normalized spacial score (nSPS) is 10.9. The monoisotopic (exact) mass is 330 g/mol. The van der Waals surface area contributed by atoms with Crippen molar-refractivity contribution >= 4 is 34.3 Å². The zero-order valence-electron chi connectivity index (χ0n) is 12.5. The minimum Gasteiger partial charge on any atom is -0.408 e. The molecule has 0 fully saturated rings. The maximum atomic E-state index is 12.1. The van der Waals surface area contributed by atoms with Gasteiger partial charge in [0, 0.05) is 17.1 Å². The van der Waals surface area contributed by atoms with E-state index >= 15 is 0 Å². The maximum Gasteiger partial charge on any atom is 0.417 e. The van der Waals surface area contributed by atoms with Gasteiger partial charge in [0.15, 0.2) is 5.58 Å². The first-order valence-electron chi connectivity index (χ1n) is 7.19. The SMILES string of the molecule is Cc1c(Cl)cccc1NC(=O)CCc1ccc2oc(=O)[nH]c2c1. The second-order valence-corrected chi connectivity index (χ2v) is 5.71. The molecule has 118 valence electrons. The van der Waals surface area contributed by atoms with Gasteiger partial charge in [-0.05, 0) is 48.7 Å². The number of nitrogens with one attached hydrogen (secondary N) is 2. The molecule has 1 aromatic heterocycles. The van der Waals surface area contributed by atoms with E-state index in [4.69, 9.17) is 16.0 Å². The van der Waals surface area contributed by atoms with Crippen molar-refractivity contribution in [2.45, 2.75) is 19.8 Å². The predicted molar refractivity (Wildman–Crippen MR) is 90.0 cm³/mol. The highest BCUT2D eigenvalue weighted by Crippen LogP contribution is 2.23. The first-order valence-corrected chi connectivity index (χ1v) is 7.57. The van der Waals surface area contributed by atoms with Crippen LogP contribution < -0.4 is 11.1 Å². The van der Waals surface area contributed by atoms with Crippen molar-refractivity contribution in [3.63, 3.8) is 0 Å². The van der Waals surface area contributed by atoms with Crippen LogP contribution in [0, 0.1) is 6.92 Å². The number of fused-ring (bicyclic) bond motifs is 1. The van der Waals surface area contributed by atoms with E-state index in [0.29, 0.717) is 29.0 Å². The van der Waals surface area contributed by atoms with Crippen molar-refractivity contribution in [1.29, 1.82) is 0 Å². The third kappa shape index (κ3) is 3.46. The Morgan fingerprint density at radius 3 is 2.96 bits per heavy atom. The number of H-pyrrole nitrogens is 1. The standard InChI is InChI=1S/C17H15ClN2O3/c1-10-12(18)3-2-4-13(10)19-16(21)8-6-11-5-7-15-14(9-11)20-17(22)23-15/h2-5,7,9H,6,8H2,1H3,(H,19,21)(H,20,22). The number of hydrogen-bond acceptors (Lipinski definition) is 3. The highest BCUT2D eigenvalue weighted by Gasteiger charge is 2.08. The van der Waals surface area contributed by atoms with Crippen LogP contribution in [0.2, 0.25) is 5.02 Å². The van der Waals surface area contributed by atoms with Gasteiger partial charge in [-0.3, -0.25) is 9.78 Å². The molecule has 1 heterocycles. The fourth-order valence-electron chi connectivity index (χ4n) is 2.37. The van der Waals surface area contributed by atoms with Crippen LogP contribution >= 0.6 is 11.6 Å². The topological polar surface area (TPSA) is 75.1 Å². The second kappa shape index (κ2) is 6.30. The van der Waals surface area contributed by atoms with E-state index in [1.54, 1.807) is 18.2 Å². The zero-order valence-corrected chi connectivity index (χ0v) is 13.2. The van der Waals surface area contributed by atoms with Gasteiger partial charge in [0.05, 0.1) is 5.52 Å². The van der Waals surface area contributed by atoms with Crippen molar-refractivity contribution < 1.29 is 9.21 Å². The Labute approximate surface area is 137 Å². The Morgan fingerprint density at radius 1 is 1.30 bits per heavy atom. The molecule has 0 bridgehead atoms. The van der Waals surface area contributed by atoms with Crippen molar-refractivity contribution in [1.82, 2.24) is 4.98 Å². The highest BCUT2D eigenvalue weighted by molar-refractivity contribution is 6.31. The molecule has 6 heteroatoms. The van der Waals surface area contributed by atoms with Crippen molar-refractivity contribution in [3.8, 4) is 0 Å². The molecule has 0 radical (unpaired) electrons. The summed E-state index contributed by atoms with van der Waals surface area (Å²) in [6, 6.07) is 10.8. The van der Waals surface area contributed by atoms with Crippen molar-refractivity contribution in [3.05, 3.63) is 63.1 Å². The smallest absolute Gasteiger partial charge is 0.408 e. The average molecular weight is 331 g/mol. The minimum absolute atomic E-state index is 0.0869. The lowest BCUT2D eigenvalue weighted by molar-refractivity contribution is -0.116. The van der Waals surface area contributed by atoms with Crippen LogP contribution in [0.25, 0.3) is 11.1 Å². The molecule has 5 nitrogen and oxygen atoms in total. The Bertz CT molecular complexity index is 927. The third-order valence-electron chi connectivity index (χ3n) is 3.67. The van der Waals surface area contributed by atoms with Gasteiger partial charge < -0.3 is 9.73 Å². The van der Waals surface area contributed by atoms with Crippen LogP contribution in [0.4, 0.5) is 5.69 Å². The lowest BCUT2D eigenvalue weighted by atomic mass is 10.1. The molecule has 0 atom stereocenters. The number of rotatable bonds is 4. The highest BCUT2D eigenvalue weighted by atomic mass is 35.5. The van der Waals surface area contributed by atoms with Crippen molar-refractivity contribution in [2.24, 2.45) is 0 Å². The van der Waals surface area contributed by atoms with E-state index in [-0.39, 0.29) is 5.91 Å². The number of aryl methyl sites for hydroxylation is 1. The fourth-order valence-corrected chi connectivity index (χ4v) is 2.54. The van der Waals surface area contributed by atoms with Crippen LogP contribution in [0.3, 0.4) is 0 Å². The number of aromatic nitrogens is 1. The zero-order chi connectivity index (χ0) is 16.4. The summed E-state index contributed by atoms with van der Waals surface area (Å²) < 4.78 is 4.95. The molecule has 3 aromatic rings. The molecular weight excluding hydrogens is 316 g/mol. The number of oxazole rings is 1. The van der Waals surface area contributed by atoms with Gasteiger partial charge in [-0.25, -0.2) is 4.79 Å². The molecule has 0 spiro atoms. The van der Waals surface area contributed by atoms with Crippen LogP contribution in [-0.4, -0.2) is 10.9 Å². The number of aromatic amines is 1. The van der Waals surface area contributed by atoms with E-state index in [9.17, 15) is 9.59 Å². The van der Waals surface area contributed by atoms with Crippen LogP contribution in [0.15, 0.2) is 45.6 Å². The van der Waals surface area contributed by atoms with Gasteiger partial charge in [-0.2, -0.15) is 0 Å². The minimum atomic E-state index is -0.480. The number of carbonyl (C=O) groups excluding carboxylic acids is 1. The summed E-state index contributed by atoms with van der Waals surface area (Å²) in [6.07, 6.45) is 0.897. The molecule has 0 aliphatic rings. The van der Waals surface area contributed by atoms with Gasteiger partial charge in [-0.15, -0.1) is 0 Å². The van der Waals surface area contributed by atoms with E-state index in [1.807, 2.05) is 25.1 Å². The van der Waals surface area contributed by atoms with Gasteiger partial charge in [0.25, 0.3) is 0 Å². The summed E-state index contributed by atoms with van der Waals surface area (Å²) in [5.74, 6) is -0.567. The first-order chi connectivity index (χ1) is 11.0. The van der Waals surface area contributed by atoms with Crippen LogP contribution in [-0.2, 0) is 11.2 Å². The molecule has 2 N–H and O–H groups in total. The summed E-state index contributed by atoms with van der Waals surface area (Å²) in [4.78, 5) is 25.8. The Morgan fingerprint density at radius 2 is 2.13 bits per heavy atom. The number of benzene rings is 2. The number of halogens is 1. The maximum absolute atomic E-state index is 12.1. The summed E-state index contributed by atoms with van der Waals surface area (Å²) >= 11 is 6.04. The predicted octanol–water partition coefficient (Wildman–Crippen LogP) is 3.65. The number of hydrogen-bond donors (Lipinski definition) is 2. The Balaban J connectivity index is 1.65. The van der Waals surface area contributed by atoms with Crippen LogP contribution in [0.1, 0.15) is 17.5 Å². The molecule has 1 amide bonds. The van der Waals surface area contributed by atoms with Gasteiger partial charge in [-0.1, -0.05) is 23.7 Å². The average Bonchev–Trinajstić information content (AvgIpc) is 2.89. The first kappa shape index (κ1) is 15.4. The Hall–Kier alpha value is -2.53. The largest absolute Gasteiger partial charge is 0.417 e. The lowest BCUT2D eigenvalue weighted by Crippen LogP contribution is -2.13.